The lowest BCUT2D eigenvalue weighted by molar-refractivity contribution is -0.146. The number of rotatable bonds is 4. The second kappa shape index (κ2) is 6.49. The molecule has 0 saturated carbocycles. The van der Waals surface area contributed by atoms with E-state index in [-0.39, 0.29) is 5.92 Å². The molecule has 1 aliphatic heterocycles. The summed E-state index contributed by atoms with van der Waals surface area (Å²) in [5.74, 6) is 0.921. The molecule has 5 heteroatoms. The van der Waals surface area contributed by atoms with Crippen molar-refractivity contribution in [2.45, 2.75) is 46.5 Å². The summed E-state index contributed by atoms with van der Waals surface area (Å²) in [4.78, 5) is 11.5. The zero-order valence-corrected chi connectivity index (χ0v) is 15.1. The highest BCUT2D eigenvalue weighted by molar-refractivity contribution is 9.10. The molecule has 1 aliphatic rings. The summed E-state index contributed by atoms with van der Waals surface area (Å²) in [5, 5.41) is 9.42. The van der Waals surface area contributed by atoms with Gasteiger partial charge in [-0.2, -0.15) is 0 Å². The minimum atomic E-state index is -0.830. The summed E-state index contributed by atoms with van der Waals surface area (Å²) in [5.41, 5.74) is 1.22. The maximum atomic E-state index is 11.5. The second-order valence-corrected chi connectivity index (χ2v) is 7.51. The van der Waals surface area contributed by atoms with Crippen molar-refractivity contribution in [3.63, 3.8) is 0 Å². The number of carboxylic acid groups (broad SMARTS) is 1. The SMILES string of the molecule is CC(C)c1c(CC(C)(C)C(=O)O)cc(Br)c2c1OCCCO2. The van der Waals surface area contributed by atoms with Crippen LogP contribution in [-0.2, 0) is 11.2 Å². The Bertz CT molecular complexity index is 579. The van der Waals surface area contributed by atoms with Crippen LogP contribution in [0, 0.1) is 5.41 Å². The lowest BCUT2D eigenvalue weighted by Gasteiger charge is -2.25. The van der Waals surface area contributed by atoms with Crippen LogP contribution in [0.1, 0.15) is 51.2 Å². The third-order valence-electron chi connectivity index (χ3n) is 3.88. The topological polar surface area (TPSA) is 55.8 Å². The van der Waals surface area contributed by atoms with Gasteiger partial charge < -0.3 is 14.6 Å². The molecule has 1 heterocycles. The Morgan fingerprint density at radius 3 is 2.45 bits per heavy atom. The molecule has 0 aromatic heterocycles. The van der Waals surface area contributed by atoms with Crippen LogP contribution in [0.15, 0.2) is 10.5 Å². The Balaban J connectivity index is 2.57. The number of hydrogen-bond acceptors (Lipinski definition) is 3. The van der Waals surface area contributed by atoms with Crippen molar-refractivity contribution < 1.29 is 19.4 Å². The minimum absolute atomic E-state index is 0.225. The number of carboxylic acids is 1. The highest BCUT2D eigenvalue weighted by atomic mass is 79.9. The first kappa shape index (κ1) is 17.1. The number of carbonyl (C=O) groups is 1. The Hall–Kier alpha value is -1.23. The fourth-order valence-electron chi connectivity index (χ4n) is 2.69. The molecule has 0 saturated heterocycles. The van der Waals surface area contributed by atoms with Gasteiger partial charge in [-0.1, -0.05) is 13.8 Å². The molecule has 4 nitrogen and oxygen atoms in total. The number of ether oxygens (including phenoxy) is 2. The van der Waals surface area contributed by atoms with Crippen molar-refractivity contribution in [3.05, 3.63) is 21.7 Å². The Morgan fingerprint density at radius 1 is 1.32 bits per heavy atom. The monoisotopic (exact) mass is 370 g/mol. The number of aliphatic carboxylic acids is 1. The summed E-state index contributed by atoms with van der Waals surface area (Å²) >= 11 is 3.54. The van der Waals surface area contributed by atoms with E-state index in [2.05, 4.69) is 29.8 Å². The maximum Gasteiger partial charge on any atom is 0.309 e. The van der Waals surface area contributed by atoms with Crippen LogP contribution in [0.2, 0.25) is 0 Å². The van der Waals surface area contributed by atoms with Crippen molar-refractivity contribution in [1.29, 1.82) is 0 Å². The molecule has 0 unspecified atom stereocenters. The van der Waals surface area contributed by atoms with E-state index in [1.165, 1.54) is 0 Å². The normalized spacial score (nSPS) is 14.8. The van der Waals surface area contributed by atoms with Crippen LogP contribution < -0.4 is 9.47 Å². The van der Waals surface area contributed by atoms with Gasteiger partial charge in [0.25, 0.3) is 0 Å². The van der Waals surface area contributed by atoms with E-state index in [0.29, 0.717) is 19.6 Å². The average Bonchev–Trinajstić information content (AvgIpc) is 2.63. The first-order valence-corrected chi connectivity index (χ1v) is 8.37. The molecule has 22 heavy (non-hydrogen) atoms. The standard InChI is InChI=1S/C17H23BrO4/c1-10(2)13-11(9-17(3,4)16(19)20)8-12(18)14-15(13)22-7-5-6-21-14/h8,10H,5-7,9H2,1-4H3,(H,19,20). The van der Waals surface area contributed by atoms with Crippen LogP contribution in [0.4, 0.5) is 0 Å². The molecule has 0 spiro atoms. The Morgan fingerprint density at radius 2 is 1.91 bits per heavy atom. The molecule has 0 atom stereocenters. The Labute approximate surface area is 139 Å². The van der Waals surface area contributed by atoms with Gasteiger partial charge in [0.05, 0.1) is 23.1 Å². The predicted molar refractivity (Wildman–Crippen MR) is 89.0 cm³/mol. The molecule has 0 fully saturated rings. The first-order valence-electron chi connectivity index (χ1n) is 7.58. The largest absolute Gasteiger partial charge is 0.489 e. The predicted octanol–water partition coefficient (Wildman–Crippen LogP) is 4.39. The van der Waals surface area contributed by atoms with Gasteiger partial charge >= 0.3 is 5.97 Å². The number of halogens is 1. The molecule has 1 aromatic rings. The summed E-state index contributed by atoms with van der Waals surface area (Å²) in [6.07, 6.45) is 1.29. The molecule has 1 aromatic carbocycles. The van der Waals surface area contributed by atoms with Crippen LogP contribution >= 0.6 is 15.9 Å². The van der Waals surface area contributed by atoms with E-state index in [4.69, 9.17) is 9.47 Å². The van der Waals surface area contributed by atoms with Gasteiger partial charge in [-0.3, -0.25) is 4.79 Å². The quantitative estimate of drug-likeness (QED) is 0.853. The zero-order valence-electron chi connectivity index (χ0n) is 13.5. The van der Waals surface area contributed by atoms with E-state index < -0.39 is 11.4 Å². The average molecular weight is 371 g/mol. The molecule has 2 rings (SSSR count). The molecular formula is C17H23BrO4. The van der Waals surface area contributed by atoms with Crippen molar-refractivity contribution >= 4 is 21.9 Å². The van der Waals surface area contributed by atoms with E-state index >= 15 is 0 Å². The minimum Gasteiger partial charge on any atom is -0.489 e. The second-order valence-electron chi connectivity index (χ2n) is 6.66. The third-order valence-corrected chi connectivity index (χ3v) is 4.47. The van der Waals surface area contributed by atoms with Crippen molar-refractivity contribution in [3.8, 4) is 11.5 Å². The maximum absolute atomic E-state index is 11.5. The van der Waals surface area contributed by atoms with E-state index in [0.717, 1.165) is 33.5 Å². The van der Waals surface area contributed by atoms with E-state index in [1.54, 1.807) is 13.8 Å². The fourth-order valence-corrected chi connectivity index (χ4v) is 3.26. The molecule has 0 radical (unpaired) electrons. The zero-order chi connectivity index (χ0) is 16.5. The van der Waals surface area contributed by atoms with Crippen LogP contribution in [0.3, 0.4) is 0 Å². The van der Waals surface area contributed by atoms with Crippen molar-refractivity contribution in [2.24, 2.45) is 5.41 Å². The molecular weight excluding hydrogens is 348 g/mol. The van der Waals surface area contributed by atoms with Crippen LogP contribution in [0.25, 0.3) is 0 Å². The number of hydrogen-bond donors (Lipinski definition) is 1. The molecule has 0 aliphatic carbocycles. The Kier molecular flexibility index (Phi) is 5.05. The van der Waals surface area contributed by atoms with E-state index in [9.17, 15) is 9.90 Å². The molecule has 0 bridgehead atoms. The van der Waals surface area contributed by atoms with E-state index in [1.807, 2.05) is 6.07 Å². The number of benzene rings is 1. The van der Waals surface area contributed by atoms with Gasteiger partial charge in [0.1, 0.15) is 0 Å². The van der Waals surface area contributed by atoms with Gasteiger partial charge in [0, 0.05) is 12.0 Å². The summed E-state index contributed by atoms with van der Waals surface area (Å²) in [7, 11) is 0. The highest BCUT2D eigenvalue weighted by Crippen LogP contribution is 2.46. The van der Waals surface area contributed by atoms with Gasteiger partial charge in [0.15, 0.2) is 11.5 Å². The lowest BCUT2D eigenvalue weighted by atomic mass is 9.82. The van der Waals surface area contributed by atoms with Gasteiger partial charge in [0.2, 0.25) is 0 Å². The van der Waals surface area contributed by atoms with Crippen LogP contribution in [0.5, 0.6) is 11.5 Å². The van der Waals surface area contributed by atoms with Crippen molar-refractivity contribution in [1.82, 2.24) is 0 Å². The molecule has 0 amide bonds. The third kappa shape index (κ3) is 3.40. The summed E-state index contributed by atoms with van der Waals surface area (Å²) in [6.45, 7) is 8.92. The smallest absolute Gasteiger partial charge is 0.309 e. The molecule has 1 N–H and O–H groups in total. The van der Waals surface area contributed by atoms with Crippen LogP contribution in [-0.4, -0.2) is 24.3 Å². The highest BCUT2D eigenvalue weighted by Gasteiger charge is 2.31. The summed E-state index contributed by atoms with van der Waals surface area (Å²) < 4.78 is 12.6. The van der Waals surface area contributed by atoms with Crippen molar-refractivity contribution in [2.75, 3.05) is 13.2 Å². The lowest BCUT2D eigenvalue weighted by Crippen LogP contribution is -2.27. The fraction of sp³-hybridized carbons (Fsp3) is 0.588. The van der Waals surface area contributed by atoms with Gasteiger partial charge in [-0.25, -0.2) is 0 Å². The number of fused-ring (bicyclic) bond motifs is 1. The van der Waals surface area contributed by atoms with Gasteiger partial charge in [-0.05, 0) is 53.7 Å². The first-order chi connectivity index (χ1) is 10.2. The molecule has 122 valence electrons. The van der Waals surface area contributed by atoms with Gasteiger partial charge in [-0.15, -0.1) is 0 Å². The summed E-state index contributed by atoms with van der Waals surface area (Å²) in [6, 6.07) is 1.98.